The molecule has 37 heavy (non-hydrogen) atoms. The van der Waals surface area contributed by atoms with Crippen molar-refractivity contribution in [2.75, 3.05) is 46.2 Å². The van der Waals surface area contributed by atoms with Crippen molar-refractivity contribution < 1.29 is 38.3 Å². The molecule has 0 unspecified atom stereocenters. The molecule has 1 heterocycles. The summed E-state index contributed by atoms with van der Waals surface area (Å²) in [5.74, 6) is 1.26. The topological polar surface area (TPSA) is 92.7 Å². The monoisotopic (exact) mass is 516 g/mol. The number of unbranched alkanes of at least 4 members (excludes halogenated alkanes) is 5. The summed E-state index contributed by atoms with van der Waals surface area (Å²) in [5, 5.41) is 9.42. The second-order valence-corrected chi connectivity index (χ2v) is 9.16. The molecule has 204 valence electrons. The predicted molar refractivity (Wildman–Crippen MR) is 140 cm³/mol. The summed E-state index contributed by atoms with van der Waals surface area (Å²) < 4.78 is 35.9. The molecular weight excluding hydrogens is 476 g/mol. The van der Waals surface area contributed by atoms with Gasteiger partial charge < -0.3 is 33.5 Å². The van der Waals surface area contributed by atoms with E-state index in [-0.39, 0.29) is 13.2 Å². The van der Waals surface area contributed by atoms with Crippen molar-refractivity contribution >= 4 is 5.97 Å². The van der Waals surface area contributed by atoms with E-state index in [1.807, 2.05) is 48.5 Å². The molecule has 2 aromatic rings. The number of hydrogen-bond donors (Lipinski definition) is 1. The summed E-state index contributed by atoms with van der Waals surface area (Å²) in [7, 11) is 0. The Morgan fingerprint density at radius 3 is 1.76 bits per heavy atom. The van der Waals surface area contributed by atoms with Gasteiger partial charge in [-0.3, -0.25) is 0 Å². The summed E-state index contributed by atoms with van der Waals surface area (Å²) in [6.07, 6.45) is 7.19. The van der Waals surface area contributed by atoms with Gasteiger partial charge in [0.05, 0.1) is 13.2 Å². The molecule has 0 atom stereocenters. The van der Waals surface area contributed by atoms with Crippen molar-refractivity contribution in [2.45, 2.75) is 57.5 Å². The van der Waals surface area contributed by atoms with E-state index < -0.39 is 18.2 Å². The maximum Gasteiger partial charge on any atom is 0.329 e. The molecule has 8 heteroatoms. The minimum atomic E-state index is -1.04. The summed E-state index contributed by atoms with van der Waals surface area (Å²) in [5.41, 5.74) is -0.983. The molecule has 8 nitrogen and oxygen atoms in total. The van der Waals surface area contributed by atoms with Crippen molar-refractivity contribution in [1.29, 1.82) is 0 Å². The molecular formula is C29H40O8. The van der Waals surface area contributed by atoms with Crippen molar-refractivity contribution in [3.8, 4) is 23.0 Å². The smallest absolute Gasteiger partial charge is 0.329 e. The fourth-order valence-corrected chi connectivity index (χ4v) is 4.10. The Balaban J connectivity index is 1.84. The van der Waals surface area contributed by atoms with E-state index in [0.29, 0.717) is 55.8 Å². The fraction of sp³-hybridized carbons (Fsp3) is 0.552. The van der Waals surface area contributed by atoms with Crippen LogP contribution in [-0.2, 0) is 14.3 Å². The number of carboxylic acids is 1. The zero-order valence-electron chi connectivity index (χ0n) is 21.8. The molecule has 0 spiro atoms. The van der Waals surface area contributed by atoms with E-state index in [1.165, 1.54) is 19.3 Å². The van der Waals surface area contributed by atoms with Crippen LogP contribution in [0.3, 0.4) is 0 Å². The van der Waals surface area contributed by atoms with Crippen molar-refractivity contribution in [3.05, 3.63) is 48.5 Å². The molecule has 0 aromatic heterocycles. The highest BCUT2D eigenvalue weighted by atomic mass is 16.6. The first-order chi connectivity index (χ1) is 18.1. The third kappa shape index (κ3) is 10.1. The SMILES string of the molecule is CCCCCCCCC1(OCC(=O)O)COc2ccccc2OCCOCCOc2ccccc2OC1. The number of fused-ring (bicyclic) bond motifs is 2. The lowest BCUT2D eigenvalue weighted by Gasteiger charge is -2.33. The normalized spacial score (nSPS) is 16.1. The Morgan fingerprint density at radius 2 is 1.24 bits per heavy atom. The number of carbonyl (C=O) groups is 1. The number of para-hydroxylation sites is 4. The van der Waals surface area contributed by atoms with Crippen LogP contribution in [0.15, 0.2) is 48.5 Å². The average molecular weight is 517 g/mol. The highest BCUT2D eigenvalue weighted by Gasteiger charge is 2.35. The Bertz CT molecular complexity index is 876. The van der Waals surface area contributed by atoms with Gasteiger partial charge in [-0.15, -0.1) is 0 Å². The van der Waals surface area contributed by atoms with Gasteiger partial charge in [-0.1, -0.05) is 69.7 Å². The molecule has 2 aromatic carbocycles. The van der Waals surface area contributed by atoms with E-state index in [9.17, 15) is 9.90 Å². The van der Waals surface area contributed by atoms with Gasteiger partial charge in [-0.25, -0.2) is 4.79 Å². The van der Waals surface area contributed by atoms with Gasteiger partial charge in [0.25, 0.3) is 0 Å². The summed E-state index contributed by atoms with van der Waals surface area (Å²) >= 11 is 0. The van der Waals surface area contributed by atoms with Crippen LogP contribution >= 0.6 is 0 Å². The highest BCUT2D eigenvalue weighted by molar-refractivity contribution is 5.68. The lowest BCUT2D eigenvalue weighted by molar-refractivity contribution is -0.156. The fourth-order valence-electron chi connectivity index (χ4n) is 4.10. The lowest BCUT2D eigenvalue weighted by atomic mass is 9.96. The molecule has 1 aliphatic rings. The van der Waals surface area contributed by atoms with E-state index >= 15 is 0 Å². The second kappa shape index (κ2) is 16.0. The first-order valence-electron chi connectivity index (χ1n) is 13.2. The zero-order valence-corrected chi connectivity index (χ0v) is 21.8. The number of aliphatic carboxylic acids is 1. The van der Waals surface area contributed by atoms with Crippen LogP contribution in [0.25, 0.3) is 0 Å². The molecule has 0 saturated heterocycles. The van der Waals surface area contributed by atoms with E-state index in [2.05, 4.69) is 6.92 Å². The van der Waals surface area contributed by atoms with Crippen LogP contribution in [0.4, 0.5) is 0 Å². The molecule has 0 radical (unpaired) electrons. The van der Waals surface area contributed by atoms with Crippen LogP contribution in [0, 0.1) is 0 Å². The Hall–Kier alpha value is -2.97. The second-order valence-electron chi connectivity index (χ2n) is 9.16. The predicted octanol–water partition coefficient (Wildman–Crippen LogP) is 5.52. The van der Waals surface area contributed by atoms with Crippen molar-refractivity contribution in [1.82, 2.24) is 0 Å². The maximum atomic E-state index is 11.5. The van der Waals surface area contributed by atoms with E-state index in [1.54, 1.807) is 0 Å². The Kier molecular flexibility index (Phi) is 12.4. The number of benzene rings is 2. The number of rotatable bonds is 10. The number of hydrogen-bond acceptors (Lipinski definition) is 7. The standard InChI is InChI=1S/C29H40O8/c1-2-3-4-5-6-11-16-29(37-21-28(30)31)22-35-26-14-9-7-12-24(26)33-19-17-32-18-20-34-25-13-8-10-15-27(25)36-23-29/h7-10,12-15H,2-6,11,16-23H2,1H3,(H,30,31). The molecule has 0 saturated carbocycles. The van der Waals surface area contributed by atoms with Crippen LogP contribution < -0.4 is 18.9 Å². The molecule has 0 bridgehead atoms. The van der Waals surface area contributed by atoms with Crippen molar-refractivity contribution in [3.63, 3.8) is 0 Å². The molecule has 0 aliphatic carbocycles. The van der Waals surface area contributed by atoms with Crippen LogP contribution in [0.1, 0.15) is 51.9 Å². The molecule has 1 aliphatic heterocycles. The van der Waals surface area contributed by atoms with Crippen molar-refractivity contribution in [2.24, 2.45) is 0 Å². The third-order valence-electron chi connectivity index (χ3n) is 6.14. The minimum Gasteiger partial charge on any atom is -0.487 e. The van der Waals surface area contributed by atoms with Gasteiger partial charge in [-0.05, 0) is 30.7 Å². The largest absolute Gasteiger partial charge is 0.487 e. The van der Waals surface area contributed by atoms with Crippen LogP contribution in [0.5, 0.6) is 23.0 Å². The zero-order chi connectivity index (χ0) is 26.2. The van der Waals surface area contributed by atoms with Gasteiger partial charge in [0, 0.05) is 0 Å². The lowest BCUT2D eigenvalue weighted by Crippen LogP contribution is -2.46. The summed E-state index contributed by atoms with van der Waals surface area (Å²) in [6, 6.07) is 14.8. The molecule has 1 N–H and O–H groups in total. The van der Waals surface area contributed by atoms with E-state index in [0.717, 1.165) is 19.3 Å². The minimum absolute atomic E-state index is 0.106. The van der Waals surface area contributed by atoms with Gasteiger partial charge in [-0.2, -0.15) is 0 Å². The summed E-state index contributed by atoms with van der Waals surface area (Å²) in [6.45, 7) is 3.48. The maximum absolute atomic E-state index is 11.5. The van der Waals surface area contributed by atoms with Gasteiger partial charge >= 0.3 is 5.97 Å². The van der Waals surface area contributed by atoms with Gasteiger partial charge in [0.2, 0.25) is 0 Å². The summed E-state index contributed by atoms with van der Waals surface area (Å²) in [4.78, 5) is 11.5. The molecule has 0 amide bonds. The number of ether oxygens (including phenoxy) is 6. The molecule has 0 fully saturated rings. The third-order valence-corrected chi connectivity index (χ3v) is 6.14. The first kappa shape index (κ1) is 28.6. The van der Waals surface area contributed by atoms with Crippen LogP contribution in [-0.4, -0.2) is 62.9 Å². The van der Waals surface area contributed by atoms with Gasteiger partial charge in [0.1, 0.15) is 38.6 Å². The Morgan fingerprint density at radius 1 is 0.757 bits per heavy atom. The highest BCUT2D eigenvalue weighted by Crippen LogP contribution is 2.32. The quantitative estimate of drug-likeness (QED) is 0.413. The number of carboxylic acid groups (broad SMARTS) is 1. The average Bonchev–Trinajstić information content (AvgIpc) is 2.91. The first-order valence-corrected chi connectivity index (χ1v) is 13.2. The Labute approximate surface area is 219 Å². The van der Waals surface area contributed by atoms with E-state index in [4.69, 9.17) is 28.4 Å². The van der Waals surface area contributed by atoms with Crippen LogP contribution in [0.2, 0.25) is 0 Å². The van der Waals surface area contributed by atoms with Gasteiger partial charge in [0.15, 0.2) is 23.0 Å². The molecule has 3 rings (SSSR count).